The summed E-state index contributed by atoms with van der Waals surface area (Å²) < 4.78 is 5.72. The predicted molar refractivity (Wildman–Crippen MR) is 108 cm³/mol. The normalized spacial score (nSPS) is 41.6. The predicted octanol–water partition coefficient (Wildman–Crippen LogP) is 2.00. The molecule has 0 bridgehead atoms. The highest BCUT2D eigenvalue weighted by atomic mass is 35.5. The zero-order chi connectivity index (χ0) is 19.8. The molecule has 1 N–H and O–H groups in total. The number of hydrogen-bond donors (Lipinski definition) is 1. The van der Waals surface area contributed by atoms with E-state index in [0.29, 0.717) is 25.0 Å². The van der Waals surface area contributed by atoms with Gasteiger partial charge in [-0.05, 0) is 63.8 Å². The van der Waals surface area contributed by atoms with Crippen LogP contribution < -0.4 is 5.32 Å². The van der Waals surface area contributed by atoms with E-state index in [9.17, 15) is 9.59 Å². The Hall–Kier alpha value is -0.850. The van der Waals surface area contributed by atoms with Gasteiger partial charge in [0.1, 0.15) is 6.10 Å². The summed E-state index contributed by atoms with van der Waals surface area (Å²) >= 11 is 6.42. The van der Waals surface area contributed by atoms with E-state index < -0.39 is 0 Å². The molecule has 158 valence electrons. The third kappa shape index (κ3) is 3.92. The number of nitrogens with one attached hydrogen (secondary N) is 1. The van der Waals surface area contributed by atoms with Gasteiger partial charge in [0.2, 0.25) is 5.91 Å². The average Bonchev–Trinajstić information content (AvgIpc) is 3.21. The van der Waals surface area contributed by atoms with Gasteiger partial charge in [0.15, 0.2) is 0 Å². The average molecular weight is 412 g/mol. The molecular formula is C21H34ClN3O3. The number of carbonyl (C=O) groups excluding carboxylic acids is 2. The van der Waals surface area contributed by atoms with Crippen molar-refractivity contribution in [3.8, 4) is 0 Å². The van der Waals surface area contributed by atoms with Gasteiger partial charge in [-0.1, -0.05) is 0 Å². The largest absolute Gasteiger partial charge is 0.368 e. The van der Waals surface area contributed by atoms with Crippen LogP contribution in [0.25, 0.3) is 0 Å². The Morgan fingerprint density at radius 2 is 1.89 bits per heavy atom. The summed E-state index contributed by atoms with van der Waals surface area (Å²) in [6, 6.07) is 0.293. The number of nitrogens with zero attached hydrogens (tertiary/aromatic N) is 2. The Balaban J connectivity index is 1.55. The van der Waals surface area contributed by atoms with Crippen LogP contribution in [0.15, 0.2) is 0 Å². The molecule has 2 amide bonds. The number of rotatable bonds is 2. The van der Waals surface area contributed by atoms with Gasteiger partial charge in [-0.2, -0.15) is 0 Å². The Morgan fingerprint density at radius 3 is 2.57 bits per heavy atom. The maximum absolute atomic E-state index is 13.3. The van der Waals surface area contributed by atoms with Crippen LogP contribution in [0.3, 0.4) is 0 Å². The van der Waals surface area contributed by atoms with Crippen molar-refractivity contribution in [3.05, 3.63) is 0 Å². The van der Waals surface area contributed by atoms with E-state index in [0.717, 1.165) is 51.6 Å². The molecule has 0 aromatic carbocycles. The standard InChI is InChI=1S/C21H34ClN3O3/c1-13-12-24(21(27)20-4-3-7-28-20)19-9-15(16-8-17(22)11-23-10-16)5-6-18(19)25(13)14(2)26/h13,15-20,23H,3-12H2,1-2H3/t13-,15?,16?,17?,18?,19?,20?/m0/s1. The Labute approximate surface area is 173 Å². The molecule has 0 aromatic rings. The summed E-state index contributed by atoms with van der Waals surface area (Å²) in [5, 5.41) is 3.67. The third-order valence-corrected chi connectivity index (χ3v) is 7.70. The van der Waals surface area contributed by atoms with Crippen molar-refractivity contribution < 1.29 is 14.3 Å². The summed E-state index contributed by atoms with van der Waals surface area (Å²) in [6.45, 7) is 6.94. The van der Waals surface area contributed by atoms with Gasteiger partial charge in [-0.25, -0.2) is 0 Å². The first-order chi connectivity index (χ1) is 13.5. The number of piperazine rings is 1. The number of hydrogen-bond acceptors (Lipinski definition) is 4. The number of fused-ring (bicyclic) bond motifs is 1. The quantitative estimate of drug-likeness (QED) is 0.706. The molecule has 28 heavy (non-hydrogen) atoms. The molecule has 6 unspecified atom stereocenters. The fraction of sp³-hybridized carbons (Fsp3) is 0.905. The van der Waals surface area contributed by atoms with E-state index in [4.69, 9.17) is 16.3 Å². The summed E-state index contributed by atoms with van der Waals surface area (Å²) in [5.74, 6) is 1.38. The van der Waals surface area contributed by atoms with Crippen molar-refractivity contribution in [1.29, 1.82) is 0 Å². The van der Waals surface area contributed by atoms with Crippen LogP contribution >= 0.6 is 11.6 Å². The third-order valence-electron chi connectivity index (χ3n) is 7.36. The lowest BCUT2D eigenvalue weighted by atomic mass is 9.71. The van der Waals surface area contributed by atoms with Gasteiger partial charge >= 0.3 is 0 Å². The van der Waals surface area contributed by atoms with Gasteiger partial charge in [0.25, 0.3) is 5.91 Å². The minimum absolute atomic E-state index is 0.0595. The van der Waals surface area contributed by atoms with Crippen molar-refractivity contribution in [1.82, 2.24) is 15.1 Å². The first kappa shape index (κ1) is 20.4. The molecule has 0 aromatic heterocycles. The van der Waals surface area contributed by atoms with Gasteiger partial charge in [-0.15, -0.1) is 11.6 Å². The smallest absolute Gasteiger partial charge is 0.252 e. The molecular weight excluding hydrogens is 378 g/mol. The number of piperidine rings is 1. The van der Waals surface area contributed by atoms with E-state index in [-0.39, 0.29) is 41.4 Å². The van der Waals surface area contributed by atoms with Crippen LogP contribution in [-0.4, -0.2) is 77.5 Å². The number of carbonyl (C=O) groups is 2. The molecule has 7 atom stereocenters. The monoisotopic (exact) mass is 411 g/mol. The lowest BCUT2D eigenvalue weighted by Crippen LogP contribution is -2.68. The fourth-order valence-electron chi connectivity index (χ4n) is 6.12. The van der Waals surface area contributed by atoms with E-state index >= 15 is 0 Å². The van der Waals surface area contributed by atoms with Crippen LogP contribution in [0.1, 0.15) is 52.4 Å². The molecule has 4 fully saturated rings. The van der Waals surface area contributed by atoms with Crippen molar-refractivity contribution in [3.63, 3.8) is 0 Å². The van der Waals surface area contributed by atoms with E-state index in [1.54, 1.807) is 6.92 Å². The molecule has 1 saturated carbocycles. The minimum atomic E-state index is -0.291. The molecule has 0 spiro atoms. The molecule has 3 heterocycles. The molecule has 1 aliphatic carbocycles. The Kier molecular flexibility index (Phi) is 6.19. The maximum atomic E-state index is 13.3. The first-order valence-electron chi connectivity index (χ1n) is 11.0. The summed E-state index contributed by atoms with van der Waals surface area (Å²) in [7, 11) is 0. The van der Waals surface area contributed by atoms with Gasteiger partial charge in [-0.3, -0.25) is 9.59 Å². The highest BCUT2D eigenvalue weighted by molar-refractivity contribution is 6.20. The Bertz CT molecular complexity index is 597. The fourth-order valence-corrected chi connectivity index (χ4v) is 6.46. The minimum Gasteiger partial charge on any atom is -0.368 e. The summed E-state index contributed by atoms with van der Waals surface area (Å²) in [6.07, 6.45) is 5.58. The molecule has 7 heteroatoms. The second-order valence-electron chi connectivity index (χ2n) is 9.23. The van der Waals surface area contributed by atoms with E-state index in [2.05, 4.69) is 17.1 Å². The second kappa shape index (κ2) is 8.49. The van der Waals surface area contributed by atoms with Crippen molar-refractivity contribution in [2.75, 3.05) is 26.2 Å². The van der Waals surface area contributed by atoms with Crippen molar-refractivity contribution in [2.24, 2.45) is 11.8 Å². The van der Waals surface area contributed by atoms with Crippen LogP contribution in [0.4, 0.5) is 0 Å². The van der Waals surface area contributed by atoms with E-state index in [1.165, 1.54) is 0 Å². The highest BCUT2D eigenvalue weighted by Gasteiger charge is 2.48. The molecule has 4 aliphatic rings. The van der Waals surface area contributed by atoms with Gasteiger partial charge < -0.3 is 19.9 Å². The van der Waals surface area contributed by atoms with Crippen LogP contribution in [-0.2, 0) is 14.3 Å². The number of halogens is 1. The topological polar surface area (TPSA) is 61.9 Å². The van der Waals surface area contributed by atoms with Crippen LogP contribution in [0, 0.1) is 11.8 Å². The summed E-state index contributed by atoms with van der Waals surface area (Å²) in [5.41, 5.74) is 0. The number of ether oxygens (including phenoxy) is 1. The molecule has 3 aliphatic heterocycles. The lowest BCUT2D eigenvalue weighted by Gasteiger charge is -2.55. The number of alkyl halides is 1. The second-order valence-corrected chi connectivity index (χ2v) is 9.84. The zero-order valence-electron chi connectivity index (χ0n) is 17.1. The van der Waals surface area contributed by atoms with E-state index in [1.807, 2.05) is 4.90 Å². The number of amides is 2. The Morgan fingerprint density at radius 1 is 1.07 bits per heavy atom. The first-order valence-corrected chi connectivity index (χ1v) is 11.4. The van der Waals surface area contributed by atoms with Crippen molar-refractivity contribution in [2.45, 2.75) is 82.0 Å². The summed E-state index contributed by atoms with van der Waals surface area (Å²) in [4.78, 5) is 29.8. The molecule has 3 saturated heterocycles. The van der Waals surface area contributed by atoms with Gasteiger partial charge in [0.05, 0.1) is 12.1 Å². The SMILES string of the molecule is CC(=O)N1C2CCC(C3CNCC(Cl)C3)CC2N(C(=O)C2CCCO2)C[C@@H]1C. The molecule has 4 rings (SSSR count). The zero-order valence-corrected chi connectivity index (χ0v) is 17.9. The lowest BCUT2D eigenvalue weighted by molar-refractivity contribution is -0.160. The van der Waals surface area contributed by atoms with Gasteiger partial charge in [0, 0.05) is 38.0 Å². The van der Waals surface area contributed by atoms with Crippen LogP contribution in [0.2, 0.25) is 0 Å². The highest BCUT2D eigenvalue weighted by Crippen LogP contribution is 2.41. The van der Waals surface area contributed by atoms with Crippen LogP contribution in [0.5, 0.6) is 0 Å². The maximum Gasteiger partial charge on any atom is 0.252 e. The molecule has 6 nitrogen and oxygen atoms in total. The van der Waals surface area contributed by atoms with Crippen molar-refractivity contribution >= 4 is 23.4 Å². The molecule has 0 radical (unpaired) electrons.